The highest BCUT2D eigenvalue weighted by Gasteiger charge is 2.12. The van der Waals surface area contributed by atoms with Gasteiger partial charge in [0, 0.05) is 17.1 Å². The summed E-state index contributed by atoms with van der Waals surface area (Å²) in [5.41, 5.74) is 4.83. The Morgan fingerprint density at radius 1 is 1.14 bits per heavy atom. The fraction of sp³-hybridized carbons (Fsp3) is 0.250. The van der Waals surface area contributed by atoms with E-state index in [1.807, 2.05) is 24.3 Å². The average molecular weight is 206 g/mol. The molecule has 0 atom stereocenters. The molecule has 0 aromatic heterocycles. The van der Waals surface area contributed by atoms with Crippen molar-refractivity contribution in [1.29, 1.82) is 0 Å². The third-order valence-corrected chi connectivity index (χ3v) is 2.78. The van der Waals surface area contributed by atoms with Crippen molar-refractivity contribution in [3.8, 4) is 0 Å². The Morgan fingerprint density at radius 2 is 1.79 bits per heavy atom. The monoisotopic (exact) mass is 205 g/mol. The number of halogens is 1. The van der Waals surface area contributed by atoms with Crippen LogP contribution in [0.5, 0.6) is 0 Å². The van der Waals surface area contributed by atoms with Gasteiger partial charge in [-0.3, -0.25) is 4.99 Å². The van der Waals surface area contributed by atoms with Crippen LogP contribution in [0.1, 0.15) is 25.8 Å². The summed E-state index contributed by atoms with van der Waals surface area (Å²) in [5, 5.41) is 0.772. The molecule has 0 saturated carbocycles. The van der Waals surface area contributed by atoms with E-state index in [9.17, 15) is 0 Å². The Bertz CT molecular complexity index is 412. The highest BCUT2D eigenvalue weighted by Crippen LogP contribution is 2.23. The molecule has 1 aliphatic heterocycles. The normalized spacial score (nSPS) is 16.1. The minimum absolute atomic E-state index is 0.772. The minimum Gasteiger partial charge on any atom is -0.257 e. The molecule has 0 amide bonds. The number of hydrogen-bond donors (Lipinski definition) is 0. The molecule has 0 N–H and O–H groups in total. The Labute approximate surface area is 89.1 Å². The van der Waals surface area contributed by atoms with Gasteiger partial charge in [-0.25, -0.2) is 0 Å². The summed E-state index contributed by atoms with van der Waals surface area (Å²) in [6, 6.07) is 7.85. The van der Waals surface area contributed by atoms with Crippen LogP contribution in [0.25, 0.3) is 0 Å². The van der Waals surface area contributed by atoms with Crippen LogP contribution in [0.4, 0.5) is 0 Å². The Balaban J connectivity index is 2.28. The van der Waals surface area contributed by atoms with Gasteiger partial charge >= 0.3 is 0 Å². The van der Waals surface area contributed by atoms with E-state index in [1.165, 1.54) is 11.1 Å². The molecule has 2 rings (SSSR count). The maximum atomic E-state index is 5.83. The number of allylic oxidation sites excluding steroid dienone is 2. The van der Waals surface area contributed by atoms with Crippen molar-refractivity contribution in [3.05, 3.63) is 46.1 Å². The molecular weight excluding hydrogens is 194 g/mol. The molecule has 0 radical (unpaired) electrons. The second-order valence-electron chi connectivity index (χ2n) is 3.61. The first-order valence-corrected chi connectivity index (χ1v) is 5.04. The smallest absolute Gasteiger partial charge is 0.0520 e. The lowest BCUT2D eigenvalue weighted by Crippen LogP contribution is -1.96. The van der Waals surface area contributed by atoms with Crippen molar-refractivity contribution in [1.82, 2.24) is 0 Å². The first kappa shape index (κ1) is 9.47. The predicted molar refractivity (Wildman–Crippen MR) is 61.0 cm³/mol. The minimum atomic E-state index is 0.772. The maximum absolute atomic E-state index is 5.83. The van der Waals surface area contributed by atoms with Gasteiger partial charge in [-0.15, -0.1) is 0 Å². The molecule has 0 aliphatic carbocycles. The van der Waals surface area contributed by atoms with E-state index in [4.69, 9.17) is 11.6 Å². The molecule has 2 heteroatoms. The summed E-state index contributed by atoms with van der Waals surface area (Å²) in [5.74, 6) is 0. The van der Waals surface area contributed by atoms with Crippen molar-refractivity contribution in [2.45, 2.75) is 20.3 Å². The van der Waals surface area contributed by atoms with Crippen LogP contribution in [0.15, 0.2) is 40.5 Å². The van der Waals surface area contributed by atoms with E-state index >= 15 is 0 Å². The Kier molecular flexibility index (Phi) is 2.42. The fourth-order valence-corrected chi connectivity index (χ4v) is 1.65. The van der Waals surface area contributed by atoms with E-state index in [-0.39, 0.29) is 0 Å². The number of rotatable bonds is 1. The molecule has 0 bridgehead atoms. The average Bonchev–Trinajstić information content (AvgIpc) is 2.48. The number of hydrogen-bond acceptors (Lipinski definition) is 1. The van der Waals surface area contributed by atoms with Crippen molar-refractivity contribution >= 4 is 17.3 Å². The van der Waals surface area contributed by atoms with Gasteiger partial charge in [0.1, 0.15) is 0 Å². The SMILES string of the molecule is CC1=C(C)N=C(c2ccc(Cl)cc2)C1. The first-order chi connectivity index (χ1) is 6.66. The van der Waals surface area contributed by atoms with Crippen LogP contribution in [-0.2, 0) is 0 Å². The van der Waals surface area contributed by atoms with E-state index in [0.717, 1.165) is 22.9 Å². The third kappa shape index (κ3) is 1.73. The maximum Gasteiger partial charge on any atom is 0.0520 e. The van der Waals surface area contributed by atoms with Crippen molar-refractivity contribution in [3.63, 3.8) is 0 Å². The van der Waals surface area contributed by atoms with Crippen LogP contribution >= 0.6 is 11.6 Å². The van der Waals surface area contributed by atoms with Gasteiger partial charge in [-0.05, 0) is 37.1 Å². The topological polar surface area (TPSA) is 12.4 Å². The molecular formula is C12H12ClN. The molecule has 14 heavy (non-hydrogen) atoms. The lowest BCUT2D eigenvalue weighted by atomic mass is 10.1. The van der Waals surface area contributed by atoms with Crippen LogP contribution < -0.4 is 0 Å². The van der Waals surface area contributed by atoms with Gasteiger partial charge in [-0.1, -0.05) is 23.7 Å². The van der Waals surface area contributed by atoms with Gasteiger partial charge in [0.15, 0.2) is 0 Å². The number of benzene rings is 1. The molecule has 1 aromatic rings. The lowest BCUT2D eigenvalue weighted by Gasteiger charge is -2.00. The lowest BCUT2D eigenvalue weighted by molar-refractivity contribution is 1.22. The first-order valence-electron chi connectivity index (χ1n) is 4.66. The summed E-state index contributed by atoms with van der Waals surface area (Å²) < 4.78 is 0. The highest BCUT2D eigenvalue weighted by atomic mass is 35.5. The van der Waals surface area contributed by atoms with E-state index in [2.05, 4.69) is 18.8 Å². The summed E-state index contributed by atoms with van der Waals surface area (Å²) in [6.07, 6.45) is 0.966. The molecule has 1 heterocycles. The Morgan fingerprint density at radius 3 is 2.29 bits per heavy atom. The summed E-state index contributed by atoms with van der Waals surface area (Å²) in [6.45, 7) is 4.18. The Hall–Kier alpha value is -1.08. The predicted octanol–water partition coefficient (Wildman–Crippen LogP) is 3.83. The summed E-state index contributed by atoms with van der Waals surface area (Å²) >= 11 is 5.83. The van der Waals surface area contributed by atoms with Crippen molar-refractivity contribution in [2.75, 3.05) is 0 Å². The zero-order chi connectivity index (χ0) is 10.1. The fourth-order valence-electron chi connectivity index (χ4n) is 1.53. The largest absolute Gasteiger partial charge is 0.257 e. The zero-order valence-electron chi connectivity index (χ0n) is 8.34. The van der Waals surface area contributed by atoms with Crippen molar-refractivity contribution < 1.29 is 0 Å². The van der Waals surface area contributed by atoms with Gasteiger partial charge in [0.05, 0.1) is 5.71 Å². The van der Waals surface area contributed by atoms with E-state index in [1.54, 1.807) is 0 Å². The molecule has 1 aliphatic rings. The third-order valence-electron chi connectivity index (χ3n) is 2.53. The summed E-state index contributed by atoms with van der Waals surface area (Å²) in [7, 11) is 0. The van der Waals surface area contributed by atoms with Crippen LogP contribution in [0.2, 0.25) is 5.02 Å². The number of nitrogens with zero attached hydrogens (tertiary/aromatic N) is 1. The second-order valence-corrected chi connectivity index (χ2v) is 4.04. The van der Waals surface area contributed by atoms with Gasteiger partial charge in [0.2, 0.25) is 0 Å². The van der Waals surface area contributed by atoms with Crippen LogP contribution in [0, 0.1) is 0 Å². The quantitative estimate of drug-likeness (QED) is 0.661. The van der Waals surface area contributed by atoms with Crippen molar-refractivity contribution in [2.24, 2.45) is 4.99 Å². The molecule has 1 aromatic carbocycles. The number of aliphatic imine (C=N–C) groups is 1. The van der Waals surface area contributed by atoms with Crippen LogP contribution in [0.3, 0.4) is 0 Å². The van der Waals surface area contributed by atoms with Crippen LogP contribution in [-0.4, -0.2) is 5.71 Å². The zero-order valence-corrected chi connectivity index (χ0v) is 9.10. The molecule has 72 valence electrons. The molecule has 0 saturated heterocycles. The van der Waals surface area contributed by atoms with Gasteiger partial charge < -0.3 is 0 Å². The molecule has 1 nitrogen and oxygen atoms in total. The second kappa shape index (κ2) is 3.58. The summed E-state index contributed by atoms with van der Waals surface area (Å²) in [4.78, 5) is 4.52. The molecule has 0 unspecified atom stereocenters. The van der Waals surface area contributed by atoms with E-state index < -0.39 is 0 Å². The molecule has 0 spiro atoms. The van der Waals surface area contributed by atoms with Gasteiger partial charge in [0.25, 0.3) is 0 Å². The van der Waals surface area contributed by atoms with E-state index in [0.29, 0.717) is 0 Å². The standard InChI is InChI=1S/C12H12ClN/c1-8-7-12(14-9(8)2)10-3-5-11(13)6-4-10/h3-6H,7H2,1-2H3. The van der Waals surface area contributed by atoms with Gasteiger partial charge in [-0.2, -0.15) is 0 Å². The highest BCUT2D eigenvalue weighted by molar-refractivity contribution is 6.30. The molecule has 0 fully saturated rings.